The van der Waals surface area contributed by atoms with Crippen molar-refractivity contribution in [1.82, 2.24) is 0 Å². The average Bonchev–Trinajstić information content (AvgIpc) is 3.35. The molecule has 0 saturated carbocycles. The maximum Gasteiger partial charge on any atom is 0.159 e. The fourth-order valence-electron chi connectivity index (χ4n) is 4.67. The van der Waals surface area contributed by atoms with E-state index in [2.05, 4.69) is 79.0 Å². The van der Waals surface area contributed by atoms with Crippen LogP contribution in [0.4, 0.5) is 0 Å². The van der Waals surface area contributed by atoms with E-state index in [0.29, 0.717) is 11.5 Å². The van der Waals surface area contributed by atoms with Crippen LogP contribution in [0.3, 0.4) is 0 Å². The number of nitrogens with zero attached hydrogens (tertiary/aromatic N) is 2. The minimum atomic E-state index is 0.541. The van der Waals surface area contributed by atoms with Crippen molar-refractivity contribution >= 4 is 40.2 Å². The first kappa shape index (κ1) is 22.4. The molecule has 6 aromatic rings. The molecule has 0 N–H and O–H groups in total. The van der Waals surface area contributed by atoms with Gasteiger partial charge in [-0.25, -0.2) is 9.98 Å². The Balaban J connectivity index is 1.30. The summed E-state index contributed by atoms with van der Waals surface area (Å²) in [5, 5.41) is 2.24. The summed E-state index contributed by atoms with van der Waals surface area (Å²) in [6.07, 6.45) is 0. The second-order valence-electron chi connectivity index (χ2n) is 8.84. The van der Waals surface area contributed by atoms with Gasteiger partial charge in [-0.2, -0.15) is 0 Å². The van der Waals surface area contributed by atoms with Crippen LogP contribution < -0.4 is 0 Å². The number of rotatable bonds is 5. The summed E-state index contributed by atoms with van der Waals surface area (Å²) in [4.78, 5) is 8.93. The molecule has 3 heteroatoms. The third-order valence-corrected chi connectivity index (χ3v) is 6.55. The number of benzene rings is 5. The molecule has 37 heavy (non-hydrogen) atoms. The molecule has 176 valence electrons. The van der Waals surface area contributed by atoms with Crippen LogP contribution >= 0.6 is 0 Å². The molecule has 0 aliphatic rings. The molecular weight excluding hydrogens is 452 g/mol. The molecule has 0 bridgehead atoms. The second-order valence-corrected chi connectivity index (χ2v) is 8.84. The summed E-state index contributed by atoms with van der Waals surface area (Å²) in [6, 6.07) is 41.0. The lowest BCUT2D eigenvalue weighted by Crippen LogP contribution is -1.98. The maximum atomic E-state index is 6.21. The average molecular weight is 477 g/mol. The van der Waals surface area contributed by atoms with Crippen molar-refractivity contribution in [3.8, 4) is 22.3 Å². The van der Waals surface area contributed by atoms with Crippen molar-refractivity contribution < 1.29 is 4.42 Å². The largest absolute Gasteiger partial charge is 0.455 e. The molecular formula is C34H24N2O. The maximum absolute atomic E-state index is 6.21. The Morgan fingerprint density at radius 1 is 0.595 bits per heavy atom. The number of para-hydroxylation sites is 2. The van der Waals surface area contributed by atoms with Gasteiger partial charge in [-0.15, -0.1) is 0 Å². The van der Waals surface area contributed by atoms with Gasteiger partial charge in [0.25, 0.3) is 0 Å². The highest BCUT2D eigenvalue weighted by Gasteiger charge is 2.12. The molecule has 1 aromatic heterocycles. The fourth-order valence-corrected chi connectivity index (χ4v) is 4.67. The van der Waals surface area contributed by atoms with Gasteiger partial charge in [0.1, 0.15) is 11.2 Å². The van der Waals surface area contributed by atoms with Crippen molar-refractivity contribution in [2.45, 2.75) is 0 Å². The molecule has 5 aromatic carbocycles. The second kappa shape index (κ2) is 9.56. The first-order valence-electron chi connectivity index (χ1n) is 12.1. The van der Waals surface area contributed by atoms with E-state index in [-0.39, 0.29) is 0 Å². The van der Waals surface area contributed by atoms with Gasteiger partial charge in [-0.05, 0) is 41.1 Å². The molecule has 0 fully saturated rings. The topological polar surface area (TPSA) is 37.9 Å². The van der Waals surface area contributed by atoms with Crippen molar-refractivity contribution in [2.75, 3.05) is 0 Å². The van der Waals surface area contributed by atoms with Crippen molar-refractivity contribution in [1.29, 1.82) is 0 Å². The van der Waals surface area contributed by atoms with E-state index >= 15 is 0 Å². The smallest absolute Gasteiger partial charge is 0.159 e. The molecule has 6 rings (SSSR count). The molecule has 3 nitrogen and oxygen atoms in total. The molecule has 0 aliphatic carbocycles. The Labute approximate surface area is 215 Å². The van der Waals surface area contributed by atoms with Crippen LogP contribution in [0.15, 0.2) is 142 Å². The number of hydrogen-bond acceptors (Lipinski definition) is 2. The lowest BCUT2D eigenvalue weighted by atomic mass is 10.0. The quantitative estimate of drug-likeness (QED) is 0.181. The molecule has 0 unspecified atom stereocenters. The number of furan rings is 1. The lowest BCUT2D eigenvalue weighted by Gasteiger charge is -2.08. The van der Waals surface area contributed by atoms with Gasteiger partial charge < -0.3 is 4.42 Å². The Bertz CT molecular complexity index is 1790. The molecule has 0 aliphatic heterocycles. The van der Waals surface area contributed by atoms with E-state index in [1.807, 2.05) is 60.7 Å². The number of hydrogen-bond donors (Lipinski definition) is 0. The van der Waals surface area contributed by atoms with Crippen LogP contribution in [0.25, 0.3) is 49.9 Å². The zero-order valence-electron chi connectivity index (χ0n) is 20.3. The third-order valence-electron chi connectivity index (χ3n) is 6.55. The van der Waals surface area contributed by atoms with Gasteiger partial charge in [0, 0.05) is 21.9 Å². The molecule has 0 saturated heterocycles. The van der Waals surface area contributed by atoms with E-state index in [0.717, 1.165) is 55.3 Å². The number of aliphatic imine (C=N–C) groups is 2. The minimum Gasteiger partial charge on any atom is -0.455 e. The summed E-state index contributed by atoms with van der Waals surface area (Å²) in [5.74, 6) is 0.541. The van der Waals surface area contributed by atoms with E-state index < -0.39 is 0 Å². The van der Waals surface area contributed by atoms with Gasteiger partial charge in [-0.1, -0.05) is 116 Å². The minimum absolute atomic E-state index is 0.541. The number of amidine groups is 1. The van der Waals surface area contributed by atoms with Gasteiger partial charge in [0.2, 0.25) is 0 Å². The Kier molecular flexibility index (Phi) is 5.80. The van der Waals surface area contributed by atoms with E-state index in [4.69, 9.17) is 9.41 Å². The van der Waals surface area contributed by atoms with Crippen LogP contribution in [-0.4, -0.2) is 12.6 Å². The molecule has 0 spiro atoms. The van der Waals surface area contributed by atoms with Crippen LogP contribution in [-0.2, 0) is 0 Å². The zero-order valence-corrected chi connectivity index (χ0v) is 20.3. The lowest BCUT2D eigenvalue weighted by molar-refractivity contribution is 0.670. The number of fused-ring (bicyclic) bond motifs is 3. The fraction of sp³-hybridized carbons (Fsp3) is 0. The highest BCUT2D eigenvalue weighted by Crippen LogP contribution is 2.36. The van der Waals surface area contributed by atoms with Gasteiger partial charge >= 0.3 is 0 Å². The highest BCUT2D eigenvalue weighted by molar-refractivity contribution is 6.09. The van der Waals surface area contributed by atoms with Gasteiger partial charge in [-0.3, -0.25) is 0 Å². The summed E-state index contributed by atoms with van der Waals surface area (Å²) < 4.78 is 6.21. The molecule has 0 atom stereocenters. The Morgan fingerprint density at radius 2 is 1.30 bits per heavy atom. The van der Waals surface area contributed by atoms with Crippen LogP contribution in [0.2, 0.25) is 0 Å². The predicted molar refractivity (Wildman–Crippen MR) is 156 cm³/mol. The molecule has 1 heterocycles. The Morgan fingerprint density at radius 3 is 2.11 bits per heavy atom. The first-order chi connectivity index (χ1) is 18.2. The van der Waals surface area contributed by atoms with Crippen molar-refractivity contribution in [2.24, 2.45) is 9.98 Å². The van der Waals surface area contributed by atoms with Crippen LogP contribution in [0.1, 0.15) is 11.1 Å². The van der Waals surface area contributed by atoms with Crippen LogP contribution in [0.5, 0.6) is 0 Å². The first-order valence-corrected chi connectivity index (χ1v) is 12.1. The van der Waals surface area contributed by atoms with Gasteiger partial charge in [0.05, 0.1) is 5.70 Å². The Hall–Kier alpha value is -5.02. The summed E-state index contributed by atoms with van der Waals surface area (Å²) >= 11 is 0. The van der Waals surface area contributed by atoms with E-state index in [9.17, 15) is 0 Å². The summed E-state index contributed by atoms with van der Waals surface area (Å²) in [5.41, 5.74) is 8.59. The van der Waals surface area contributed by atoms with Crippen molar-refractivity contribution in [3.63, 3.8) is 0 Å². The van der Waals surface area contributed by atoms with Gasteiger partial charge in [0.15, 0.2) is 5.84 Å². The van der Waals surface area contributed by atoms with Crippen molar-refractivity contribution in [3.05, 3.63) is 139 Å². The monoisotopic (exact) mass is 476 g/mol. The zero-order chi connectivity index (χ0) is 25.2. The summed E-state index contributed by atoms with van der Waals surface area (Å²) in [7, 11) is 0. The highest BCUT2D eigenvalue weighted by atomic mass is 16.3. The third kappa shape index (κ3) is 4.28. The van der Waals surface area contributed by atoms with Crippen LogP contribution in [0, 0.1) is 0 Å². The normalized spacial score (nSPS) is 11.6. The molecule has 0 radical (unpaired) electrons. The van der Waals surface area contributed by atoms with E-state index in [1.165, 1.54) is 0 Å². The standard InChI is InChI=1S/C34H24N2O/c1-23(36-34(35-2)28-13-8-12-27(22-28)25-10-4-3-5-11-25)24-18-20-26(21-19-24)29-15-9-16-31-30-14-6-7-17-32(30)37-33(29)31/h3-22H,1-2H2/b36-34-. The molecule has 0 amide bonds. The predicted octanol–water partition coefficient (Wildman–Crippen LogP) is 9.04. The van der Waals surface area contributed by atoms with E-state index in [1.54, 1.807) is 0 Å². The SMILES string of the molecule is C=N/C(=N\C(=C)c1ccc(-c2cccc3c2oc2ccccc23)cc1)c1cccc(-c2ccccc2)c1. The summed E-state index contributed by atoms with van der Waals surface area (Å²) in [6.45, 7) is 7.96.